The fourth-order valence-electron chi connectivity index (χ4n) is 2.78. The zero-order valence-corrected chi connectivity index (χ0v) is 12.2. The Hall–Kier alpha value is -1.99. The summed E-state index contributed by atoms with van der Waals surface area (Å²) in [5.74, 6) is 1.52. The predicted octanol–water partition coefficient (Wildman–Crippen LogP) is 1.17. The summed E-state index contributed by atoms with van der Waals surface area (Å²) in [6.07, 6.45) is 8.04. The number of nitrogens with zero attached hydrogens (tertiary/aromatic N) is 4. The van der Waals surface area contributed by atoms with E-state index in [1.54, 1.807) is 32.8 Å². The van der Waals surface area contributed by atoms with Gasteiger partial charge < -0.3 is 14.5 Å². The summed E-state index contributed by atoms with van der Waals surface area (Å²) in [7, 11) is 3.36. The van der Waals surface area contributed by atoms with Crippen molar-refractivity contribution in [3.63, 3.8) is 0 Å². The standard InChI is InChI=1S/C14H19N5O2/c1-20-10-7-12(13-16-4-5-17-13)19(8-10)9-11-14(21-2)18-6-3-15-11/h3-6,10,12H,7-9H2,1-2H3,(H,16,17)/t10-,12+/m1/s1. The first-order valence-corrected chi connectivity index (χ1v) is 6.91. The molecule has 0 amide bonds. The Labute approximate surface area is 123 Å². The molecule has 0 unspecified atom stereocenters. The van der Waals surface area contributed by atoms with E-state index in [1.165, 1.54) is 0 Å². The van der Waals surface area contributed by atoms with E-state index in [0.29, 0.717) is 12.4 Å². The molecule has 0 saturated carbocycles. The monoisotopic (exact) mass is 289 g/mol. The summed E-state index contributed by atoms with van der Waals surface area (Å²) in [6.45, 7) is 1.49. The number of imidazole rings is 1. The lowest BCUT2D eigenvalue weighted by Crippen LogP contribution is -2.26. The van der Waals surface area contributed by atoms with Gasteiger partial charge in [-0.15, -0.1) is 0 Å². The number of rotatable bonds is 5. The van der Waals surface area contributed by atoms with Crippen LogP contribution in [0.1, 0.15) is 24.0 Å². The van der Waals surface area contributed by atoms with Crippen LogP contribution in [-0.4, -0.2) is 51.7 Å². The zero-order valence-electron chi connectivity index (χ0n) is 12.2. The van der Waals surface area contributed by atoms with Crippen molar-refractivity contribution < 1.29 is 9.47 Å². The smallest absolute Gasteiger partial charge is 0.236 e. The van der Waals surface area contributed by atoms with E-state index in [0.717, 1.165) is 24.5 Å². The Balaban J connectivity index is 1.81. The van der Waals surface area contributed by atoms with Crippen molar-refractivity contribution in [3.8, 4) is 5.88 Å². The maximum atomic E-state index is 5.51. The third-order valence-corrected chi connectivity index (χ3v) is 3.82. The molecule has 3 heterocycles. The van der Waals surface area contributed by atoms with Gasteiger partial charge in [0.25, 0.3) is 0 Å². The van der Waals surface area contributed by atoms with E-state index < -0.39 is 0 Å². The van der Waals surface area contributed by atoms with Gasteiger partial charge in [-0.25, -0.2) is 9.97 Å². The lowest BCUT2D eigenvalue weighted by molar-refractivity contribution is 0.107. The molecule has 1 fully saturated rings. The van der Waals surface area contributed by atoms with E-state index in [1.807, 2.05) is 6.20 Å². The van der Waals surface area contributed by atoms with Crippen molar-refractivity contribution in [3.05, 3.63) is 36.3 Å². The van der Waals surface area contributed by atoms with Gasteiger partial charge in [0.1, 0.15) is 11.5 Å². The predicted molar refractivity (Wildman–Crippen MR) is 75.7 cm³/mol. The summed E-state index contributed by atoms with van der Waals surface area (Å²) in [5.41, 5.74) is 0.827. The molecule has 1 aliphatic heterocycles. The molecule has 1 aliphatic rings. The van der Waals surface area contributed by atoms with Gasteiger partial charge in [0.15, 0.2) is 0 Å². The summed E-state index contributed by atoms with van der Waals surface area (Å²) in [5, 5.41) is 0. The molecule has 0 aromatic carbocycles. The first kappa shape index (κ1) is 14.0. The zero-order chi connectivity index (χ0) is 14.7. The van der Waals surface area contributed by atoms with Crippen molar-refractivity contribution in [2.24, 2.45) is 0 Å². The number of nitrogens with one attached hydrogen (secondary N) is 1. The highest BCUT2D eigenvalue weighted by atomic mass is 16.5. The molecule has 21 heavy (non-hydrogen) atoms. The topological polar surface area (TPSA) is 76.2 Å². The highest BCUT2D eigenvalue weighted by molar-refractivity contribution is 5.18. The second kappa shape index (κ2) is 6.19. The molecule has 2 aromatic rings. The second-order valence-electron chi connectivity index (χ2n) is 5.03. The summed E-state index contributed by atoms with van der Waals surface area (Å²) >= 11 is 0. The van der Waals surface area contributed by atoms with Gasteiger partial charge >= 0.3 is 0 Å². The van der Waals surface area contributed by atoms with Crippen LogP contribution in [-0.2, 0) is 11.3 Å². The third kappa shape index (κ3) is 2.88. The fraction of sp³-hybridized carbons (Fsp3) is 0.500. The van der Waals surface area contributed by atoms with Gasteiger partial charge in [0.2, 0.25) is 5.88 Å². The van der Waals surface area contributed by atoms with Gasteiger partial charge in [0, 0.05) is 45.0 Å². The van der Waals surface area contributed by atoms with E-state index in [9.17, 15) is 0 Å². The van der Waals surface area contributed by atoms with Crippen molar-refractivity contribution in [2.75, 3.05) is 20.8 Å². The number of methoxy groups -OCH3 is 2. The minimum absolute atomic E-state index is 0.191. The third-order valence-electron chi connectivity index (χ3n) is 3.82. The first-order chi connectivity index (χ1) is 10.3. The Morgan fingerprint density at radius 1 is 1.24 bits per heavy atom. The fourth-order valence-corrected chi connectivity index (χ4v) is 2.78. The lowest BCUT2D eigenvalue weighted by Gasteiger charge is -2.22. The van der Waals surface area contributed by atoms with E-state index >= 15 is 0 Å². The summed E-state index contributed by atoms with van der Waals surface area (Å²) in [4.78, 5) is 18.4. The Kier molecular flexibility index (Phi) is 4.12. The SMILES string of the molecule is COc1nccnc1CN1C[C@H](OC)C[C@H]1c1ncc[nH]1. The van der Waals surface area contributed by atoms with Crippen molar-refractivity contribution in [1.82, 2.24) is 24.8 Å². The molecule has 0 aliphatic carbocycles. The van der Waals surface area contributed by atoms with Crippen LogP contribution in [0.25, 0.3) is 0 Å². The largest absolute Gasteiger partial charge is 0.480 e. The summed E-state index contributed by atoms with van der Waals surface area (Å²) in [6, 6.07) is 0.191. The van der Waals surface area contributed by atoms with Gasteiger partial charge in [0.05, 0.1) is 19.3 Å². The molecule has 112 valence electrons. The first-order valence-electron chi connectivity index (χ1n) is 6.91. The molecule has 2 aromatic heterocycles. The van der Waals surface area contributed by atoms with Crippen LogP contribution in [0.3, 0.4) is 0 Å². The van der Waals surface area contributed by atoms with Crippen LogP contribution in [0.2, 0.25) is 0 Å². The van der Waals surface area contributed by atoms with Crippen LogP contribution in [0.4, 0.5) is 0 Å². The van der Waals surface area contributed by atoms with E-state index in [2.05, 4.69) is 24.8 Å². The average molecular weight is 289 g/mol. The number of aromatic amines is 1. The number of ether oxygens (including phenoxy) is 2. The number of hydrogen-bond donors (Lipinski definition) is 1. The molecular weight excluding hydrogens is 270 g/mol. The Bertz CT molecular complexity index is 575. The van der Waals surface area contributed by atoms with Crippen molar-refractivity contribution in [2.45, 2.75) is 25.1 Å². The minimum Gasteiger partial charge on any atom is -0.480 e. The van der Waals surface area contributed by atoms with E-state index in [4.69, 9.17) is 9.47 Å². The maximum Gasteiger partial charge on any atom is 0.236 e. The molecule has 0 bridgehead atoms. The number of H-pyrrole nitrogens is 1. The Morgan fingerprint density at radius 2 is 2.10 bits per heavy atom. The van der Waals surface area contributed by atoms with Gasteiger partial charge in [-0.05, 0) is 6.42 Å². The molecular formula is C14H19N5O2. The minimum atomic E-state index is 0.191. The van der Waals surface area contributed by atoms with Crippen molar-refractivity contribution >= 4 is 0 Å². The highest BCUT2D eigenvalue weighted by Gasteiger charge is 2.35. The molecule has 0 radical (unpaired) electrons. The normalized spacial score (nSPS) is 22.6. The lowest BCUT2D eigenvalue weighted by atomic mass is 10.2. The maximum absolute atomic E-state index is 5.51. The van der Waals surface area contributed by atoms with Gasteiger partial charge in [-0.3, -0.25) is 9.88 Å². The van der Waals surface area contributed by atoms with Crippen LogP contribution in [0.15, 0.2) is 24.8 Å². The van der Waals surface area contributed by atoms with Gasteiger partial charge in [-0.2, -0.15) is 0 Å². The number of aromatic nitrogens is 4. The van der Waals surface area contributed by atoms with E-state index in [-0.39, 0.29) is 12.1 Å². The Morgan fingerprint density at radius 3 is 2.81 bits per heavy atom. The highest BCUT2D eigenvalue weighted by Crippen LogP contribution is 2.33. The van der Waals surface area contributed by atoms with Crippen LogP contribution in [0.5, 0.6) is 5.88 Å². The molecule has 1 saturated heterocycles. The molecule has 1 N–H and O–H groups in total. The molecule has 3 rings (SSSR count). The number of hydrogen-bond acceptors (Lipinski definition) is 6. The van der Waals surface area contributed by atoms with Crippen molar-refractivity contribution in [1.29, 1.82) is 0 Å². The molecule has 2 atom stereocenters. The summed E-state index contributed by atoms with van der Waals surface area (Å²) < 4.78 is 10.8. The molecule has 0 spiro atoms. The average Bonchev–Trinajstić information content (AvgIpc) is 3.16. The molecule has 7 nitrogen and oxygen atoms in total. The molecule has 7 heteroatoms. The second-order valence-corrected chi connectivity index (χ2v) is 5.03. The number of likely N-dealkylation sites (tertiary alicyclic amines) is 1. The van der Waals surface area contributed by atoms with Gasteiger partial charge in [-0.1, -0.05) is 0 Å². The van der Waals surface area contributed by atoms with Crippen LogP contribution >= 0.6 is 0 Å². The van der Waals surface area contributed by atoms with Crippen LogP contribution < -0.4 is 4.74 Å². The quantitative estimate of drug-likeness (QED) is 0.890. The van der Waals surface area contributed by atoms with Crippen LogP contribution in [0, 0.1) is 0 Å².